The number of aromatic nitrogens is 3. The largest absolute Gasteiger partial charge is 0.366 e. The van der Waals surface area contributed by atoms with Crippen molar-refractivity contribution >= 4 is 45.4 Å². The number of aromatic amines is 1. The highest BCUT2D eigenvalue weighted by Gasteiger charge is 2.19. The molecule has 2 amide bonds. The van der Waals surface area contributed by atoms with Crippen LogP contribution in [-0.4, -0.2) is 32.8 Å². The number of benzene rings is 2. The Labute approximate surface area is 162 Å². The van der Waals surface area contributed by atoms with E-state index in [1.807, 2.05) is 6.26 Å². The van der Waals surface area contributed by atoms with E-state index in [9.17, 15) is 14.4 Å². The number of hydrogen-bond acceptors (Lipinski definition) is 5. The molecule has 2 aromatic carbocycles. The molecule has 0 aliphatic heterocycles. The Morgan fingerprint density at radius 3 is 2.50 bits per heavy atom. The average Bonchev–Trinajstić information content (AvgIpc) is 3.09. The van der Waals surface area contributed by atoms with Gasteiger partial charge in [-0.25, -0.2) is 0 Å². The topological polar surface area (TPSA) is 137 Å². The van der Waals surface area contributed by atoms with Gasteiger partial charge in [0.05, 0.1) is 22.3 Å². The lowest BCUT2D eigenvalue weighted by Gasteiger charge is -2.14. The van der Waals surface area contributed by atoms with E-state index in [1.54, 1.807) is 30.3 Å². The molecule has 0 saturated carbocycles. The first-order valence-electron chi connectivity index (χ1n) is 8.23. The lowest BCUT2D eigenvalue weighted by atomic mass is 10.1. The number of nitrogens with zero attached hydrogens (tertiary/aromatic N) is 2. The summed E-state index contributed by atoms with van der Waals surface area (Å²) >= 11 is 1.45. The van der Waals surface area contributed by atoms with E-state index in [0.29, 0.717) is 16.6 Å². The summed E-state index contributed by atoms with van der Waals surface area (Å²) in [7, 11) is 0. The number of carbonyl (C=O) groups is 2. The van der Waals surface area contributed by atoms with Crippen LogP contribution in [0.4, 0.5) is 0 Å². The molecule has 5 N–H and O–H groups in total. The number of nitrogens with two attached hydrogens (primary N) is 2. The third-order valence-corrected chi connectivity index (χ3v) is 5.22. The van der Waals surface area contributed by atoms with Crippen molar-refractivity contribution in [1.82, 2.24) is 14.8 Å². The van der Waals surface area contributed by atoms with Crippen molar-refractivity contribution in [2.75, 3.05) is 6.26 Å². The first-order chi connectivity index (χ1) is 13.4. The van der Waals surface area contributed by atoms with Gasteiger partial charge in [0.2, 0.25) is 0 Å². The van der Waals surface area contributed by atoms with Crippen LogP contribution in [0.15, 0.2) is 52.3 Å². The molecule has 8 nitrogen and oxygen atoms in total. The highest BCUT2D eigenvalue weighted by Crippen LogP contribution is 2.28. The molecule has 0 saturated heterocycles. The zero-order valence-corrected chi connectivity index (χ0v) is 15.5. The van der Waals surface area contributed by atoms with E-state index < -0.39 is 17.4 Å². The van der Waals surface area contributed by atoms with Gasteiger partial charge in [0, 0.05) is 10.8 Å². The van der Waals surface area contributed by atoms with E-state index in [0.717, 1.165) is 15.9 Å². The summed E-state index contributed by atoms with van der Waals surface area (Å²) in [5, 5.41) is 9.22. The van der Waals surface area contributed by atoms with E-state index in [-0.39, 0.29) is 11.1 Å². The van der Waals surface area contributed by atoms with Gasteiger partial charge in [-0.3, -0.25) is 24.0 Å². The Balaban J connectivity index is 2.18. The molecule has 0 unspecified atom stereocenters. The Kier molecular flexibility index (Phi) is 4.16. The van der Waals surface area contributed by atoms with Crippen LogP contribution >= 0.6 is 11.8 Å². The third-order valence-electron chi connectivity index (χ3n) is 4.52. The van der Waals surface area contributed by atoms with Gasteiger partial charge in [-0.2, -0.15) is 5.10 Å². The van der Waals surface area contributed by atoms with Crippen molar-refractivity contribution in [2.45, 2.75) is 5.03 Å². The van der Waals surface area contributed by atoms with Crippen LogP contribution in [0.3, 0.4) is 0 Å². The van der Waals surface area contributed by atoms with Crippen molar-refractivity contribution in [1.29, 1.82) is 0 Å². The second-order valence-corrected chi connectivity index (χ2v) is 6.93. The van der Waals surface area contributed by atoms with Crippen LogP contribution in [0.2, 0.25) is 0 Å². The second kappa shape index (κ2) is 6.54. The highest BCUT2D eigenvalue weighted by atomic mass is 32.2. The van der Waals surface area contributed by atoms with Crippen molar-refractivity contribution in [2.24, 2.45) is 11.5 Å². The van der Waals surface area contributed by atoms with Gasteiger partial charge >= 0.3 is 0 Å². The number of thioether (sulfide) groups is 1. The minimum atomic E-state index is -0.848. The van der Waals surface area contributed by atoms with Gasteiger partial charge in [-0.15, -0.1) is 11.8 Å². The SMILES string of the molecule is CSc1n[nH]c2ccc(-n3c(=O)c(C(N)=O)cc4cccc(C(N)=O)c43)cc12. The molecular weight excluding hydrogens is 378 g/mol. The van der Waals surface area contributed by atoms with Crippen LogP contribution in [-0.2, 0) is 0 Å². The fourth-order valence-corrected chi connectivity index (χ4v) is 3.79. The molecule has 0 radical (unpaired) electrons. The van der Waals surface area contributed by atoms with Crippen molar-refractivity contribution in [3.05, 3.63) is 63.9 Å². The fourth-order valence-electron chi connectivity index (χ4n) is 3.26. The van der Waals surface area contributed by atoms with Crippen LogP contribution in [0.25, 0.3) is 27.5 Å². The number of para-hydroxylation sites is 1. The van der Waals surface area contributed by atoms with Crippen LogP contribution in [0.1, 0.15) is 20.7 Å². The van der Waals surface area contributed by atoms with E-state index in [4.69, 9.17) is 11.5 Å². The van der Waals surface area contributed by atoms with E-state index in [1.165, 1.54) is 28.5 Å². The molecule has 0 atom stereocenters. The molecule has 140 valence electrons. The Morgan fingerprint density at radius 1 is 1.07 bits per heavy atom. The van der Waals surface area contributed by atoms with Gasteiger partial charge in [0.1, 0.15) is 10.6 Å². The predicted molar refractivity (Wildman–Crippen MR) is 108 cm³/mol. The first kappa shape index (κ1) is 17.8. The number of rotatable bonds is 4. The summed E-state index contributed by atoms with van der Waals surface area (Å²) in [5.74, 6) is -1.53. The molecule has 0 fully saturated rings. The summed E-state index contributed by atoms with van der Waals surface area (Å²) in [4.78, 5) is 36.9. The molecular formula is C19H15N5O3S. The van der Waals surface area contributed by atoms with Crippen LogP contribution in [0.5, 0.6) is 0 Å². The van der Waals surface area contributed by atoms with Gasteiger partial charge in [-0.1, -0.05) is 12.1 Å². The minimum absolute atomic E-state index is 0.169. The molecule has 0 spiro atoms. The number of pyridine rings is 1. The van der Waals surface area contributed by atoms with E-state index in [2.05, 4.69) is 10.2 Å². The van der Waals surface area contributed by atoms with Gasteiger partial charge < -0.3 is 11.5 Å². The maximum absolute atomic E-state index is 13.1. The maximum atomic E-state index is 13.1. The molecule has 2 aromatic heterocycles. The molecule has 0 aliphatic rings. The zero-order valence-electron chi connectivity index (χ0n) is 14.7. The van der Waals surface area contributed by atoms with Crippen molar-refractivity contribution in [3.63, 3.8) is 0 Å². The number of carbonyl (C=O) groups excluding carboxylic acids is 2. The highest BCUT2D eigenvalue weighted by molar-refractivity contribution is 7.98. The summed E-state index contributed by atoms with van der Waals surface area (Å²) in [6, 6.07) is 11.5. The number of H-pyrrole nitrogens is 1. The Bertz CT molecular complexity index is 1340. The molecule has 0 aliphatic carbocycles. The number of nitrogens with one attached hydrogen (secondary N) is 1. The quantitative estimate of drug-likeness (QED) is 0.454. The molecule has 9 heteroatoms. The summed E-state index contributed by atoms with van der Waals surface area (Å²) in [5.41, 5.74) is 11.9. The second-order valence-electron chi connectivity index (χ2n) is 6.13. The standard InChI is InChI=1S/C19H15N5O3S/c1-28-18-12-8-10(5-6-14(12)22-23-18)24-15-9(3-2-4-11(15)16(20)25)7-13(17(21)26)19(24)27/h2-8H,1H3,(H2,20,25)(H2,21,26)(H,22,23). The smallest absolute Gasteiger partial charge is 0.268 e. The minimum Gasteiger partial charge on any atom is -0.366 e. The van der Waals surface area contributed by atoms with Gasteiger partial charge in [0.25, 0.3) is 17.4 Å². The number of hydrogen-bond donors (Lipinski definition) is 3. The molecule has 4 rings (SSSR count). The van der Waals surface area contributed by atoms with Crippen molar-refractivity contribution < 1.29 is 9.59 Å². The average molecular weight is 393 g/mol. The van der Waals surface area contributed by atoms with Gasteiger partial charge in [-0.05, 0) is 36.6 Å². The normalized spacial score (nSPS) is 11.2. The summed E-state index contributed by atoms with van der Waals surface area (Å²) in [6.45, 7) is 0. The molecule has 4 aromatic rings. The van der Waals surface area contributed by atoms with Crippen LogP contribution < -0.4 is 17.0 Å². The monoisotopic (exact) mass is 393 g/mol. The van der Waals surface area contributed by atoms with E-state index >= 15 is 0 Å². The third kappa shape index (κ3) is 2.64. The molecule has 0 bridgehead atoms. The predicted octanol–water partition coefficient (Wildman–Crippen LogP) is 1.79. The van der Waals surface area contributed by atoms with Gasteiger partial charge in [0.15, 0.2) is 0 Å². The summed E-state index contributed by atoms with van der Waals surface area (Å²) < 4.78 is 1.30. The number of amides is 2. The summed E-state index contributed by atoms with van der Waals surface area (Å²) in [6.07, 6.45) is 1.89. The Hall–Kier alpha value is -3.59. The molecule has 28 heavy (non-hydrogen) atoms. The number of primary amides is 2. The number of fused-ring (bicyclic) bond motifs is 2. The fraction of sp³-hybridized carbons (Fsp3) is 0.0526. The maximum Gasteiger partial charge on any atom is 0.268 e. The molecule has 2 heterocycles. The van der Waals surface area contributed by atoms with Crippen molar-refractivity contribution in [3.8, 4) is 5.69 Å². The lowest BCUT2D eigenvalue weighted by molar-refractivity contribution is 0.0992. The zero-order chi connectivity index (χ0) is 20.0. The lowest BCUT2D eigenvalue weighted by Crippen LogP contribution is -2.30. The Morgan fingerprint density at radius 2 is 1.82 bits per heavy atom. The van der Waals surface area contributed by atoms with Crippen LogP contribution in [0, 0.1) is 0 Å². The first-order valence-corrected chi connectivity index (χ1v) is 9.45.